The monoisotopic (exact) mass is 313 g/mol. The molecule has 0 radical (unpaired) electrons. The maximum atomic E-state index is 13.8. The highest BCUT2D eigenvalue weighted by Crippen LogP contribution is 2.38. The summed E-state index contributed by atoms with van der Waals surface area (Å²) >= 11 is 0. The van der Waals surface area contributed by atoms with E-state index in [-0.39, 0.29) is 12.1 Å². The van der Waals surface area contributed by atoms with Crippen LogP contribution in [0.1, 0.15) is 33.3 Å². The van der Waals surface area contributed by atoms with Crippen LogP contribution in [-0.4, -0.2) is 24.9 Å². The molecule has 0 amide bonds. The van der Waals surface area contributed by atoms with Crippen LogP contribution in [0.5, 0.6) is 0 Å². The standard InChI is InChI=1S/C15H19BF3NO2/c1-14(2)15(3,4)22-16(21-14)10(8-20)5-9-6-11(17)7-12(18)13(9)19/h5-7H,8,20H2,1-4H3. The first kappa shape index (κ1) is 17.1. The number of halogens is 3. The first-order chi connectivity index (χ1) is 10.1. The molecule has 22 heavy (non-hydrogen) atoms. The largest absolute Gasteiger partial charge is 0.491 e. The van der Waals surface area contributed by atoms with Crippen molar-refractivity contribution in [2.24, 2.45) is 5.73 Å². The van der Waals surface area contributed by atoms with Crippen LogP contribution in [0.3, 0.4) is 0 Å². The Kier molecular flexibility index (Phi) is 4.43. The summed E-state index contributed by atoms with van der Waals surface area (Å²) in [4.78, 5) is 0. The zero-order valence-corrected chi connectivity index (χ0v) is 13.0. The van der Waals surface area contributed by atoms with E-state index in [1.54, 1.807) is 0 Å². The summed E-state index contributed by atoms with van der Waals surface area (Å²) in [5.41, 5.74) is 4.67. The van der Waals surface area contributed by atoms with Crippen LogP contribution in [0, 0.1) is 17.5 Å². The molecule has 0 aliphatic carbocycles. The molecule has 3 nitrogen and oxygen atoms in total. The smallest absolute Gasteiger partial charge is 0.400 e. The van der Waals surface area contributed by atoms with Crippen LogP contribution >= 0.6 is 0 Å². The zero-order valence-electron chi connectivity index (χ0n) is 13.0. The minimum Gasteiger partial charge on any atom is -0.400 e. The Morgan fingerprint density at radius 1 is 1.14 bits per heavy atom. The lowest BCUT2D eigenvalue weighted by Gasteiger charge is -2.32. The van der Waals surface area contributed by atoms with Gasteiger partial charge in [0, 0.05) is 18.2 Å². The molecule has 1 heterocycles. The van der Waals surface area contributed by atoms with E-state index in [0.717, 1.165) is 6.07 Å². The molecule has 1 aromatic rings. The van der Waals surface area contributed by atoms with Crippen molar-refractivity contribution in [2.45, 2.75) is 38.9 Å². The first-order valence-corrected chi connectivity index (χ1v) is 6.98. The molecule has 0 saturated carbocycles. The molecule has 0 atom stereocenters. The summed E-state index contributed by atoms with van der Waals surface area (Å²) in [5.74, 6) is -3.25. The average Bonchev–Trinajstić information content (AvgIpc) is 2.60. The molecule has 0 spiro atoms. The molecule has 1 aliphatic rings. The van der Waals surface area contributed by atoms with Crippen LogP contribution < -0.4 is 5.73 Å². The number of hydrogen-bond acceptors (Lipinski definition) is 3. The van der Waals surface area contributed by atoms with Crippen molar-refractivity contribution in [3.63, 3.8) is 0 Å². The van der Waals surface area contributed by atoms with E-state index in [4.69, 9.17) is 15.0 Å². The third kappa shape index (κ3) is 3.07. The maximum Gasteiger partial charge on any atom is 0.491 e. The fourth-order valence-electron chi connectivity index (χ4n) is 2.10. The summed E-state index contributed by atoms with van der Waals surface area (Å²) in [5, 5.41) is 0. The Hall–Kier alpha value is -1.31. The molecule has 0 aromatic heterocycles. The predicted molar refractivity (Wildman–Crippen MR) is 79.4 cm³/mol. The summed E-state index contributed by atoms with van der Waals surface area (Å²) in [6.45, 7) is 7.47. The topological polar surface area (TPSA) is 44.5 Å². The average molecular weight is 313 g/mol. The van der Waals surface area contributed by atoms with Crippen molar-refractivity contribution >= 4 is 13.2 Å². The van der Waals surface area contributed by atoms with E-state index in [1.807, 2.05) is 27.7 Å². The number of rotatable bonds is 3. The van der Waals surface area contributed by atoms with E-state index in [0.29, 0.717) is 11.5 Å². The molecule has 1 aromatic carbocycles. The highest BCUT2D eigenvalue weighted by atomic mass is 19.2. The molecule has 1 aliphatic heterocycles. The van der Waals surface area contributed by atoms with Gasteiger partial charge < -0.3 is 15.0 Å². The second-order valence-corrected chi connectivity index (χ2v) is 6.30. The van der Waals surface area contributed by atoms with Crippen molar-refractivity contribution in [1.82, 2.24) is 0 Å². The van der Waals surface area contributed by atoms with Crippen LogP contribution in [-0.2, 0) is 9.31 Å². The van der Waals surface area contributed by atoms with Crippen molar-refractivity contribution in [2.75, 3.05) is 6.54 Å². The van der Waals surface area contributed by atoms with Crippen LogP contribution in [0.4, 0.5) is 13.2 Å². The van der Waals surface area contributed by atoms with Gasteiger partial charge in [-0.2, -0.15) is 0 Å². The molecule has 0 bridgehead atoms. The normalized spacial score (nSPS) is 20.5. The predicted octanol–water partition coefficient (Wildman–Crippen LogP) is 3.08. The Morgan fingerprint density at radius 3 is 2.18 bits per heavy atom. The van der Waals surface area contributed by atoms with E-state index >= 15 is 0 Å². The van der Waals surface area contributed by atoms with Crippen molar-refractivity contribution < 1.29 is 22.5 Å². The third-order valence-corrected chi connectivity index (χ3v) is 4.15. The van der Waals surface area contributed by atoms with E-state index < -0.39 is 35.8 Å². The fraction of sp³-hybridized carbons (Fsp3) is 0.467. The molecule has 0 unspecified atom stereocenters. The second kappa shape index (κ2) is 5.72. The van der Waals surface area contributed by atoms with Gasteiger partial charge >= 0.3 is 7.12 Å². The van der Waals surface area contributed by atoms with Gasteiger partial charge in [0.25, 0.3) is 0 Å². The first-order valence-electron chi connectivity index (χ1n) is 6.98. The van der Waals surface area contributed by atoms with Gasteiger partial charge in [0.2, 0.25) is 0 Å². The highest BCUT2D eigenvalue weighted by Gasteiger charge is 2.52. The SMILES string of the molecule is CC1(C)OB(C(=Cc2cc(F)cc(F)c2F)CN)OC1(C)C. The van der Waals surface area contributed by atoms with E-state index in [2.05, 4.69) is 0 Å². The lowest BCUT2D eigenvalue weighted by Crippen LogP contribution is -2.41. The van der Waals surface area contributed by atoms with Crippen molar-refractivity contribution in [3.05, 3.63) is 40.6 Å². The Balaban J connectivity index is 2.38. The zero-order chi connectivity index (χ0) is 16.7. The van der Waals surface area contributed by atoms with Gasteiger partial charge in [-0.25, -0.2) is 13.2 Å². The van der Waals surface area contributed by atoms with Gasteiger partial charge in [0.15, 0.2) is 11.6 Å². The van der Waals surface area contributed by atoms with Gasteiger partial charge in [-0.1, -0.05) is 6.08 Å². The van der Waals surface area contributed by atoms with E-state index in [1.165, 1.54) is 6.08 Å². The summed E-state index contributed by atoms with van der Waals surface area (Å²) in [6.07, 6.45) is 1.27. The summed E-state index contributed by atoms with van der Waals surface area (Å²) < 4.78 is 51.9. The molecule has 1 fully saturated rings. The third-order valence-electron chi connectivity index (χ3n) is 4.15. The van der Waals surface area contributed by atoms with Crippen molar-refractivity contribution in [3.8, 4) is 0 Å². The molecule has 7 heteroatoms. The van der Waals surface area contributed by atoms with Crippen LogP contribution in [0.15, 0.2) is 17.6 Å². The fourth-order valence-corrected chi connectivity index (χ4v) is 2.10. The van der Waals surface area contributed by atoms with Gasteiger partial charge in [0.05, 0.1) is 11.2 Å². The lowest BCUT2D eigenvalue weighted by molar-refractivity contribution is 0.00578. The van der Waals surface area contributed by atoms with Crippen molar-refractivity contribution in [1.29, 1.82) is 0 Å². The molecule has 2 N–H and O–H groups in total. The van der Waals surface area contributed by atoms with Gasteiger partial charge in [0.1, 0.15) is 5.82 Å². The maximum absolute atomic E-state index is 13.8. The van der Waals surface area contributed by atoms with E-state index in [9.17, 15) is 13.2 Å². The minimum atomic E-state index is -1.25. The number of benzene rings is 1. The Labute approximate surface area is 128 Å². The summed E-state index contributed by atoms with van der Waals surface area (Å²) in [6, 6.07) is 1.39. The number of nitrogens with two attached hydrogens (primary N) is 1. The minimum absolute atomic E-state index is 0.00833. The molecule has 120 valence electrons. The molecular formula is C15H19BF3NO2. The Morgan fingerprint density at radius 2 is 1.68 bits per heavy atom. The second-order valence-electron chi connectivity index (χ2n) is 6.30. The van der Waals surface area contributed by atoms with Gasteiger partial charge in [-0.05, 0) is 39.2 Å². The molecule has 1 saturated heterocycles. The van der Waals surface area contributed by atoms with Crippen LogP contribution in [0.25, 0.3) is 6.08 Å². The lowest BCUT2D eigenvalue weighted by atomic mass is 9.77. The molecule has 2 rings (SSSR count). The summed E-state index contributed by atoms with van der Waals surface area (Å²) in [7, 11) is -0.791. The van der Waals surface area contributed by atoms with Gasteiger partial charge in [-0.3, -0.25) is 0 Å². The Bertz CT molecular complexity index is 601. The highest BCUT2D eigenvalue weighted by molar-refractivity contribution is 6.55. The van der Waals surface area contributed by atoms with Crippen LogP contribution in [0.2, 0.25) is 0 Å². The van der Waals surface area contributed by atoms with Gasteiger partial charge in [-0.15, -0.1) is 0 Å². The quantitative estimate of drug-likeness (QED) is 0.689. The molecular weight excluding hydrogens is 294 g/mol. The number of hydrogen-bond donors (Lipinski definition) is 1.